The standard InChI is InChI=1S/C17H21FN4O3/c1-10(2)15-21-17(25-22-15)14(11-5-7-24-8-6-11)20-16(23)13-4-3-12(18)9-19-13/h3-4,9-11,14H,5-8H2,1-2H3,(H,20,23)/t14-/m1/s1. The van der Waals surface area contributed by atoms with Gasteiger partial charge < -0.3 is 14.6 Å². The van der Waals surface area contributed by atoms with Crippen molar-refractivity contribution in [2.75, 3.05) is 13.2 Å². The van der Waals surface area contributed by atoms with Gasteiger partial charge in [0.05, 0.1) is 6.20 Å². The van der Waals surface area contributed by atoms with Crippen LogP contribution in [0.2, 0.25) is 0 Å². The first-order valence-corrected chi connectivity index (χ1v) is 8.38. The highest BCUT2D eigenvalue weighted by Crippen LogP contribution is 2.30. The Balaban J connectivity index is 1.82. The van der Waals surface area contributed by atoms with Gasteiger partial charge in [0.2, 0.25) is 5.89 Å². The van der Waals surface area contributed by atoms with Crippen molar-refractivity contribution < 1.29 is 18.4 Å². The summed E-state index contributed by atoms with van der Waals surface area (Å²) in [4.78, 5) is 20.8. The van der Waals surface area contributed by atoms with Gasteiger partial charge >= 0.3 is 0 Å². The molecule has 3 rings (SSSR count). The second kappa shape index (κ2) is 7.69. The molecule has 1 saturated heterocycles. The van der Waals surface area contributed by atoms with Crippen LogP contribution in [0.3, 0.4) is 0 Å². The molecule has 1 N–H and O–H groups in total. The molecule has 1 amide bonds. The molecule has 2 aromatic rings. The number of ether oxygens (including phenoxy) is 1. The first kappa shape index (κ1) is 17.5. The van der Waals surface area contributed by atoms with Crippen LogP contribution >= 0.6 is 0 Å². The van der Waals surface area contributed by atoms with Crippen LogP contribution in [0.15, 0.2) is 22.9 Å². The van der Waals surface area contributed by atoms with Crippen LogP contribution in [-0.4, -0.2) is 34.2 Å². The molecule has 0 unspecified atom stereocenters. The number of rotatable bonds is 5. The predicted octanol–water partition coefficient (Wildman–Crippen LogP) is 2.62. The third kappa shape index (κ3) is 4.19. The molecule has 134 valence electrons. The Morgan fingerprint density at radius 3 is 2.68 bits per heavy atom. The molecule has 0 aliphatic carbocycles. The zero-order valence-corrected chi connectivity index (χ0v) is 14.2. The van der Waals surface area contributed by atoms with Crippen LogP contribution in [0.4, 0.5) is 4.39 Å². The average molecular weight is 348 g/mol. The van der Waals surface area contributed by atoms with Crippen LogP contribution in [0.1, 0.15) is 60.9 Å². The zero-order valence-electron chi connectivity index (χ0n) is 14.2. The second-order valence-corrected chi connectivity index (χ2v) is 6.41. The summed E-state index contributed by atoms with van der Waals surface area (Å²) >= 11 is 0. The van der Waals surface area contributed by atoms with Crippen LogP contribution in [0.5, 0.6) is 0 Å². The van der Waals surface area contributed by atoms with E-state index in [0.29, 0.717) is 24.9 Å². The zero-order chi connectivity index (χ0) is 17.8. The van der Waals surface area contributed by atoms with Crippen molar-refractivity contribution in [3.05, 3.63) is 41.6 Å². The Hall–Kier alpha value is -2.35. The molecule has 25 heavy (non-hydrogen) atoms. The lowest BCUT2D eigenvalue weighted by atomic mass is 9.91. The van der Waals surface area contributed by atoms with Crippen molar-refractivity contribution in [2.45, 2.75) is 38.6 Å². The highest BCUT2D eigenvalue weighted by Gasteiger charge is 2.32. The van der Waals surface area contributed by atoms with Gasteiger partial charge in [0.25, 0.3) is 5.91 Å². The molecule has 2 aromatic heterocycles. The summed E-state index contributed by atoms with van der Waals surface area (Å²) in [7, 11) is 0. The fraction of sp³-hybridized carbons (Fsp3) is 0.529. The van der Waals surface area contributed by atoms with E-state index in [0.717, 1.165) is 19.0 Å². The van der Waals surface area contributed by atoms with Crippen LogP contribution in [0, 0.1) is 11.7 Å². The molecule has 1 fully saturated rings. The number of carbonyl (C=O) groups excluding carboxylic acids is 1. The normalized spacial score (nSPS) is 16.8. The summed E-state index contributed by atoms with van der Waals surface area (Å²) in [5.74, 6) is 0.338. The number of nitrogens with zero attached hydrogens (tertiary/aromatic N) is 3. The van der Waals surface area contributed by atoms with E-state index in [1.165, 1.54) is 12.1 Å². The average Bonchev–Trinajstić information content (AvgIpc) is 3.11. The van der Waals surface area contributed by atoms with E-state index in [1.807, 2.05) is 13.8 Å². The van der Waals surface area contributed by atoms with Crippen LogP contribution in [0.25, 0.3) is 0 Å². The maximum atomic E-state index is 13.0. The number of aromatic nitrogens is 3. The predicted molar refractivity (Wildman–Crippen MR) is 86.3 cm³/mol. The fourth-order valence-electron chi connectivity index (χ4n) is 2.76. The molecule has 7 nitrogen and oxygen atoms in total. The van der Waals surface area contributed by atoms with Crippen molar-refractivity contribution in [1.29, 1.82) is 0 Å². The summed E-state index contributed by atoms with van der Waals surface area (Å²) < 4.78 is 23.8. The Bertz CT molecular complexity index is 711. The Kier molecular flexibility index (Phi) is 5.37. The van der Waals surface area contributed by atoms with Gasteiger partial charge in [0, 0.05) is 19.1 Å². The first-order chi connectivity index (χ1) is 12.0. The molecule has 0 spiro atoms. The van der Waals surface area contributed by atoms with Gasteiger partial charge in [-0.15, -0.1) is 0 Å². The molecule has 3 heterocycles. The number of hydrogen-bond donors (Lipinski definition) is 1. The number of pyridine rings is 1. The summed E-state index contributed by atoms with van der Waals surface area (Å²) in [5.41, 5.74) is 0.141. The summed E-state index contributed by atoms with van der Waals surface area (Å²) in [6.07, 6.45) is 2.57. The molecule has 0 aromatic carbocycles. The molecule has 0 bridgehead atoms. The van der Waals surface area contributed by atoms with E-state index in [-0.39, 0.29) is 17.5 Å². The second-order valence-electron chi connectivity index (χ2n) is 6.41. The van der Waals surface area contributed by atoms with Gasteiger partial charge in [0.15, 0.2) is 5.82 Å². The highest BCUT2D eigenvalue weighted by molar-refractivity contribution is 5.92. The Morgan fingerprint density at radius 2 is 2.08 bits per heavy atom. The van der Waals surface area contributed by atoms with Crippen LogP contribution in [-0.2, 0) is 4.74 Å². The number of amides is 1. The molecule has 0 radical (unpaired) electrons. The highest BCUT2D eigenvalue weighted by atomic mass is 19.1. The van der Waals surface area contributed by atoms with Gasteiger partial charge in [-0.05, 0) is 30.9 Å². The maximum absolute atomic E-state index is 13.0. The molecule has 1 atom stereocenters. The minimum Gasteiger partial charge on any atom is -0.381 e. The lowest BCUT2D eigenvalue weighted by molar-refractivity contribution is 0.0467. The molecular weight excluding hydrogens is 327 g/mol. The SMILES string of the molecule is CC(C)c1noc([C@H](NC(=O)c2ccc(F)cn2)C2CCOCC2)n1. The minimum absolute atomic E-state index is 0.124. The maximum Gasteiger partial charge on any atom is 0.270 e. The topological polar surface area (TPSA) is 90.1 Å². The minimum atomic E-state index is -0.490. The van der Waals surface area contributed by atoms with Crippen molar-refractivity contribution in [1.82, 2.24) is 20.4 Å². The number of halogens is 1. The molecule has 8 heteroatoms. The van der Waals surface area contributed by atoms with Crippen molar-refractivity contribution in [2.24, 2.45) is 5.92 Å². The summed E-state index contributed by atoms with van der Waals surface area (Å²) in [6, 6.07) is 2.12. The van der Waals surface area contributed by atoms with Gasteiger partial charge in [-0.25, -0.2) is 9.37 Å². The van der Waals surface area contributed by atoms with Gasteiger partial charge in [-0.1, -0.05) is 19.0 Å². The number of nitrogens with one attached hydrogen (secondary N) is 1. The number of hydrogen-bond acceptors (Lipinski definition) is 6. The van der Waals surface area contributed by atoms with E-state index in [4.69, 9.17) is 9.26 Å². The van der Waals surface area contributed by atoms with Gasteiger partial charge in [0.1, 0.15) is 17.6 Å². The number of carbonyl (C=O) groups is 1. The third-order valence-corrected chi connectivity index (χ3v) is 4.22. The van der Waals surface area contributed by atoms with Gasteiger partial charge in [-0.3, -0.25) is 4.79 Å². The summed E-state index contributed by atoms with van der Waals surface area (Å²) in [5, 5.41) is 6.90. The summed E-state index contributed by atoms with van der Waals surface area (Å²) in [6.45, 7) is 5.19. The van der Waals surface area contributed by atoms with Crippen molar-refractivity contribution >= 4 is 5.91 Å². The van der Waals surface area contributed by atoms with Crippen molar-refractivity contribution in [3.63, 3.8) is 0 Å². The quantitative estimate of drug-likeness (QED) is 0.893. The smallest absolute Gasteiger partial charge is 0.270 e. The molecule has 1 aliphatic heterocycles. The molecule has 0 saturated carbocycles. The molecular formula is C17H21FN4O3. The lowest BCUT2D eigenvalue weighted by Crippen LogP contribution is -2.36. The Morgan fingerprint density at radius 1 is 1.32 bits per heavy atom. The largest absolute Gasteiger partial charge is 0.381 e. The third-order valence-electron chi connectivity index (χ3n) is 4.22. The van der Waals surface area contributed by atoms with E-state index in [2.05, 4.69) is 20.4 Å². The fourth-order valence-corrected chi connectivity index (χ4v) is 2.76. The lowest BCUT2D eigenvalue weighted by Gasteiger charge is -2.28. The first-order valence-electron chi connectivity index (χ1n) is 8.38. The van der Waals surface area contributed by atoms with Gasteiger partial charge in [-0.2, -0.15) is 4.98 Å². The van der Waals surface area contributed by atoms with Crippen molar-refractivity contribution in [3.8, 4) is 0 Å². The van der Waals surface area contributed by atoms with Crippen LogP contribution < -0.4 is 5.32 Å². The Labute approximate surface area is 145 Å². The van der Waals surface area contributed by atoms with E-state index in [9.17, 15) is 9.18 Å². The monoisotopic (exact) mass is 348 g/mol. The van der Waals surface area contributed by atoms with E-state index in [1.54, 1.807) is 0 Å². The molecule has 1 aliphatic rings. The van der Waals surface area contributed by atoms with E-state index < -0.39 is 17.8 Å². The van der Waals surface area contributed by atoms with E-state index >= 15 is 0 Å².